The number of hydrogen-bond acceptors (Lipinski definition) is 7. The maximum absolute atomic E-state index is 13.1. The van der Waals surface area contributed by atoms with Crippen molar-refractivity contribution in [3.05, 3.63) is 90.1 Å². The van der Waals surface area contributed by atoms with E-state index in [9.17, 15) is 9.59 Å². The van der Waals surface area contributed by atoms with Gasteiger partial charge in [-0.25, -0.2) is 9.97 Å². The summed E-state index contributed by atoms with van der Waals surface area (Å²) in [4.78, 5) is 39.1. The Balaban J connectivity index is 1.33. The lowest BCUT2D eigenvalue weighted by Crippen LogP contribution is -2.27. The van der Waals surface area contributed by atoms with Crippen LogP contribution in [0.3, 0.4) is 0 Å². The number of nitrogens with one attached hydrogen (secondary N) is 2. The van der Waals surface area contributed by atoms with Gasteiger partial charge in [-0.15, -0.1) is 0 Å². The molecule has 0 bridgehead atoms. The Kier molecular flexibility index (Phi) is 6.10. The fourth-order valence-electron chi connectivity index (χ4n) is 3.75. The van der Waals surface area contributed by atoms with Gasteiger partial charge in [0.25, 0.3) is 11.8 Å². The van der Waals surface area contributed by atoms with Gasteiger partial charge in [-0.2, -0.15) is 10.1 Å². The summed E-state index contributed by atoms with van der Waals surface area (Å²) in [6, 6.07) is 14.9. The van der Waals surface area contributed by atoms with E-state index >= 15 is 0 Å². The van der Waals surface area contributed by atoms with Crippen molar-refractivity contribution in [3.8, 4) is 17.1 Å². The number of carbonyl (C=O) groups excluding carboxylic acids is 2. The molecule has 0 aliphatic rings. The molecule has 11 heteroatoms. The standard InChI is InChI=1S/C25H22N8O3/c1-32-21(18(14-28-32)22(34)27-13-17-9-6-11-26-24(17)36-2)23(35)30-20-10-12-33-15-19(29-25(33)31-20)16-7-4-3-5-8-16/h3-12,14-15H,13H2,1-2H3,(H,27,34)(H,29,30,31,35). The van der Waals surface area contributed by atoms with Gasteiger partial charge in [0.1, 0.15) is 11.5 Å². The highest BCUT2D eigenvalue weighted by Crippen LogP contribution is 2.19. The van der Waals surface area contributed by atoms with E-state index in [0.717, 1.165) is 11.3 Å². The van der Waals surface area contributed by atoms with Crippen LogP contribution in [0.25, 0.3) is 17.0 Å². The lowest BCUT2D eigenvalue weighted by molar-refractivity contribution is 0.0936. The summed E-state index contributed by atoms with van der Waals surface area (Å²) in [6.45, 7) is 0.174. The lowest BCUT2D eigenvalue weighted by Gasteiger charge is -2.10. The Morgan fingerprint density at radius 3 is 2.67 bits per heavy atom. The number of fused-ring (bicyclic) bond motifs is 1. The molecule has 0 radical (unpaired) electrons. The van der Waals surface area contributed by atoms with Crippen molar-refractivity contribution in [1.82, 2.24) is 34.4 Å². The highest BCUT2D eigenvalue weighted by Gasteiger charge is 2.23. The van der Waals surface area contributed by atoms with Gasteiger partial charge in [-0.05, 0) is 12.1 Å². The van der Waals surface area contributed by atoms with Crippen molar-refractivity contribution in [1.29, 1.82) is 0 Å². The van der Waals surface area contributed by atoms with Crippen molar-refractivity contribution in [2.45, 2.75) is 6.54 Å². The Morgan fingerprint density at radius 1 is 1.03 bits per heavy atom. The first-order valence-corrected chi connectivity index (χ1v) is 11.0. The molecule has 0 atom stereocenters. The predicted octanol–water partition coefficient (Wildman–Crippen LogP) is 2.72. The number of rotatable bonds is 7. The fraction of sp³-hybridized carbons (Fsp3) is 0.120. The smallest absolute Gasteiger partial charge is 0.275 e. The van der Waals surface area contributed by atoms with Gasteiger partial charge < -0.3 is 15.4 Å². The predicted molar refractivity (Wildman–Crippen MR) is 132 cm³/mol. The third-order valence-electron chi connectivity index (χ3n) is 5.52. The topological polar surface area (TPSA) is 128 Å². The zero-order valence-electron chi connectivity index (χ0n) is 19.5. The molecule has 4 aromatic heterocycles. The van der Waals surface area contributed by atoms with Gasteiger partial charge in [0.15, 0.2) is 0 Å². The second-order valence-electron chi connectivity index (χ2n) is 7.85. The van der Waals surface area contributed by atoms with Gasteiger partial charge in [0.2, 0.25) is 11.7 Å². The maximum Gasteiger partial charge on any atom is 0.275 e. The van der Waals surface area contributed by atoms with Gasteiger partial charge >= 0.3 is 0 Å². The van der Waals surface area contributed by atoms with Crippen LogP contribution in [0.4, 0.5) is 5.82 Å². The number of nitrogens with zero attached hydrogens (tertiary/aromatic N) is 6. The molecule has 1 aromatic carbocycles. The number of hydrogen-bond donors (Lipinski definition) is 2. The summed E-state index contributed by atoms with van der Waals surface area (Å²) in [5.74, 6) is 0.164. The van der Waals surface area contributed by atoms with Gasteiger partial charge in [0, 0.05) is 43.3 Å². The van der Waals surface area contributed by atoms with Crippen LogP contribution in [-0.4, -0.2) is 48.1 Å². The summed E-state index contributed by atoms with van der Waals surface area (Å²) in [6.07, 6.45) is 6.58. The number of aromatic nitrogens is 6. The largest absolute Gasteiger partial charge is 0.481 e. The number of methoxy groups -OCH3 is 1. The molecule has 36 heavy (non-hydrogen) atoms. The van der Waals surface area contributed by atoms with E-state index in [0.29, 0.717) is 23.0 Å². The van der Waals surface area contributed by atoms with Crippen molar-refractivity contribution >= 4 is 23.4 Å². The molecule has 0 unspecified atom stereocenters. The first-order chi connectivity index (χ1) is 17.5. The Labute approximate surface area is 205 Å². The minimum absolute atomic E-state index is 0.0978. The Bertz CT molecular complexity index is 1560. The number of aryl methyl sites for hydroxylation is 1. The number of anilines is 1. The van der Waals surface area contributed by atoms with E-state index in [1.165, 1.54) is 18.0 Å². The SMILES string of the molecule is COc1ncccc1CNC(=O)c1cnn(C)c1C(=O)Nc1ccn2cc(-c3ccccc3)nc2n1. The Hall–Kier alpha value is -5.06. The van der Waals surface area contributed by atoms with Crippen LogP contribution in [0.1, 0.15) is 26.4 Å². The molecule has 2 amide bonds. The number of ether oxygens (including phenoxy) is 1. The second-order valence-corrected chi connectivity index (χ2v) is 7.85. The number of carbonyl (C=O) groups is 2. The lowest BCUT2D eigenvalue weighted by atomic mass is 10.2. The molecule has 0 spiro atoms. The van der Waals surface area contributed by atoms with Crippen LogP contribution in [0, 0.1) is 0 Å². The molecular formula is C25H22N8O3. The van der Waals surface area contributed by atoms with Crippen molar-refractivity contribution in [3.63, 3.8) is 0 Å². The van der Waals surface area contributed by atoms with E-state index < -0.39 is 11.8 Å². The van der Waals surface area contributed by atoms with E-state index in [1.54, 1.807) is 42.0 Å². The average molecular weight is 483 g/mol. The fourth-order valence-corrected chi connectivity index (χ4v) is 3.75. The third-order valence-corrected chi connectivity index (χ3v) is 5.52. The van der Waals surface area contributed by atoms with Crippen LogP contribution >= 0.6 is 0 Å². The molecule has 0 fully saturated rings. The third kappa shape index (κ3) is 4.49. The summed E-state index contributed by atoms with van der Waals surface area (Å²) < 4.78 is 8.33. The van der Waals surface area contributed by atoms with Gasteiger partial charge in [0.05, 0.1) is 24.6 Å². The molecule has 11 nitrogen and oxygen atoms in total. The number of pyridine rings is 1. The average Bonchev–Trinajstić information content (AvgIpc) is 3.51. The summed E-state index contributed by atoms with van der Waals surface area (Å²) in [5, 5.41) is 9.62. The molecule has 5 rings (SSSR count). The molecule has 0 saturated carbocycles. The molecule has 0 saturated heterocycles. The number of benzene rings is 1. The summed E-state index contributed by atoms with van der Waals surface area (Å²) >= 11 is 0. The molecule has 0 aliphatic heterocycles. The molecule has 180 valence electrons. The molecular weight excluding hydrogens is 460 g/mol. The second kappa shape index (κ2) is 9.66. The first-order valence-electron chi connectivity index (χ1n) is 11.0. The van der Waals surface area contributed by atoms with Crippen LogP contribution < -0.4 is 15.4 Å². The zero-order valence-corrected chi connectivity index (χ0v) is 19.5. The van der Waals surface area contributed by atoms with Crippen molar-refractivity contribution in [2.75, 3.05) is 12.4 Å². The minimum atomic E-state index is -0.522. The van der Waals surface area contributed by atoms with E-state index in [1.807, 2.05) is 36.5 Å². The van der Waals surface area contributed by atoms with Crippen LogP contribution in [0.2, 0.25) is 0 Å². The molecule has 2 N–H and O–H groups in total. The van der Waals surface area contributed by atoms with Crippen LogP contribution in [0.5, 0.6) is 5.88 Å². The van der Waals surface area contributed by atoms with Crippen LogP contribution in [0.15, 0.2) is 73.3 Å². The van der Waals surface area contributed by atoms with Crippen molar-refractivity contribution < 1.29 is 14.3 Å². The minimum Gasteiger partial charge on any atom is -0.481 e. The number of imidazole rings is 1. The summed E-state index contributed by atoms with van der Waals surface area (Å²) in [5.41, 5.74) is 2.66. The van der Waals surface area contributed by atoms with E-state index in [2.05, 4.69) is 30.7 Å². The van der Waals surface area contributed by atoms with Gasteiger partial charge in [-0.3, -0.25) is 18.7 Å². The molecule has 0 aliphatic carbocycles. The maximum atomic E-state index is 13.1. The quantitative estimate of drug-likeness (QED) is 0.365. The monoisotopic (exact) mass is 482 g/mol. The highest BCUT2D eigenvalue weighted by molar-refractivity contribution is 6.10. The van der Waals surface area contributed by atoms with E-state index in [4.69, 9.17) is 4.74 Å². The zero-order chi connectivity index (χ0) is 25.1. The summed E-state index contributed by atoms with van der Waals surface area (Å²) in [7, 11) is 3.10. The van der Waals surface area contributed by atoms with E-state index in [-0.39, 0.29) is 17.8 Å². The van der Waals surface area contributed by atoms with Crippen LogP contribution in [-0.2, 0) is 13.6 Å². The highest BCUT2D eigenvalue weighted by atomic mass is 16.5. The van der Waals surface area contributed by atoms with Crippen molar-refractivity contribution in [2.24, 2.45) is 7.05 Å². The molecule has 4 heterocycles. The first kappa shape index (κ1) is 22.7. The molecule has 5 aromatic rings. The van der Waals surface area contributed by atoms with Gasteiger partial charge in [-0.1, -0.05) is 36.4 Å². The Morgan fingerprint density at radius 2 is 1.86 bits per heavy atom. The normalized spacial score (nSPS) is 10.8. The number of amides is 2.